The summed E-state index contributed by atoms with van der Waals surface area (Å²) < 4.78 is 0.489. The standard InChI is InChI=1S/C18H21NO3S2/c1-18(2,3)13-8-6-12(7-9-13)11-14-16(22)19(17(23)24-14)10-4-5-15(20)21/h6-9,11H,4-5,10H2,1-3H3,(H,20,21). The van der Waals surface area contributed by atoms with Gasteiger partial charge in [-0.1, -0.05) is 69.0 Å². The van der Waals surface area contributed by atoms with Crippen molar-refractivity contribution >= 4 is 46.3 Å². The van der Waals surface area contributed by atoms with Crippen LogP contribution in [0.2, 0.25) is 0 Å². The van der Waals surface area contributed by atoms with E-state index in [-0.39, 0.29) is 17.7 Å². The van der Waals surface area contributed by atoms with Crippen molar-refractivity contribution in [2.45, 2.75) is 39.0 Å². The number of carbonyl (C=O) groups excluding carboxylic acids is 1. The minimum atomic E-state index is -0.866. The molecule has 1 aromatic rings. The van der Waals surface area contributed by atoms with Gasteiger partial charge in [0.2, 0.25) is 0 Å². The lowest BCUT2D eigenvalue weighted by atomic mass is 9.87. The Morgan fingerprint density at radius 2 is 1.92 bits per heavy atom. The van der Waals surface area contributed by atoms with Gasteiger partial charge in [0.05, 0.1) is 4.91 Å². The highest BCUT2D eigenvalue weighted by atomic mass is 32.2. The molecule has 0 saturated carbocycles. The zero-order valence-corrected chi connectivity index (χ0v) is 15.7. The zero-order chi connectivity index (χ0) is 17.9. The van der Waals surface area contributed by atoms with Gasteiger partial charge in [0, 0.05) is 13.0 Å². The molecule has 0 unspecified atom stereocenters. The average molecular weight is 364 g/mol. The molecule has 0 spiro atoms. The van der Waals surface area contributed by atoms with Crippen LogP contribution in [0.25, 0.3) is 6.08 Å². The van der Waals surface area contributed by atoms with Crippen LogP contribution in [0, 0.1) is 0 Å². The molecule has 0 atom stereocenters. The average Bonchev–Trinajstić information content (AvgIpc) is 2.74. The molecule has 2 rings (SSSR count). The number of rotatable bonds is 5. The Kier molecular flexibility index (Phi) is 5.83. The highest BCUT2D eigenvalue weighted by molar-refractivity contribution is 8.26. The number of thioether (sulfide) groups is 1. The quantitative estimate of drug-likeness (QED) is 0.632. The molecular formula is C18H21NO3S2. The maximum atomic E-state index is 12.4. The summed E-state index contributed by atoms with van der Waals surface area (Å²) in [6, 6.07) is 8.13. The van der Waals surface area contributed by atoms with E-state index in [9.17, 15) is 9.59 Å². The van der Waals surface area contributed by atoms with E-state index in [0.29, 0.717) is 22.2 Å². The fraction of sp³-hybridized carbons (Fsp3) is 0.389. The van der Waals surface area contributed by atoms with Crippen LogP contribution in [0.4, 0.5) is 0 Å². The van der Waals surface area contributed by atoms with E-state index in [1.54, 1.807) is 0 Å². The Labute approximate surface area is 151 Å². The first kappa shape index (κ1) is 18.7. The van der Waals surface area contributed by atoms with Crippen LogP contribution < -0.4 is 0 Å². The molecule has 6 heteroatoms. The smallest absolute Gasteiger partial charge is 0.303 e. The minimum absolute atomic E-state index is 0.0321. The topological polar surface area (TPSA) is 57.6 Å². The highest BCUT2D eigenvalue weighted by Gasteiger charge is 2.31. The number of hydrogen-bond donors (Lipinski definition) is 1. The van der Waals surface area contributed by atoms with Crippen LogP contribution in [0.1, 0.15) is 44.7 Å². The van der Waals surface area contributed by atoms with Gasteiger partial charge in [0.25, 0.3) is 5.91 Å². The van der Waals surface area contributed by atoms with Gasteiger partial charge in [-0.2, -0.15) is 0 Å². The van der Waals surface area contributed by atoms with E-state index in [1.165, 1.54) is 22.2 Å². The zero-order valence-electron chi connectivity index (χ0n) is 14.0. The largest absolute Gasteiger partial charge is 0.481 e. The number of carbonyl (C=O) groups is 2. The molecule has 1 aliphatic rings. The summed E-state index contributed by atoms with van der Waals surface area (Å²) in [4.78, 5) is 25.1. The lowest BCUT2D eigenvalue weighted by molar-refractivity contribution is -0.137. The van der Waals surface area contributed by atoms with Gasteiger partial charge < -0.3 is 5.11 Å². The number of carboxylic acids is 1. The van der Waals surface area contributed by atoms with Crippen LogP contribution >= 0.6 is 24.0 Å². The second kappa shape index (κ2) is 7.49. The van der Waals surface area contributed by atoms with Crippen LogP contribution in [-0.4, -0.2) is 32.7 Å². The summed E-state index contributed by atoms with van der Waals surface area (Å²) in [7, 11) is 0. The van der Waals surface area contributed by atoms with Crippen LogP contribution in [0.15, 0.2) is 29.2 Å². The fourth-order valence-electron chi connectivity index (χ4n) is 2.31. The van der Waals surface area contributed by atoms with Crippen molar-refractivity contribution < 1.29 is 14.7 Å². The molecule has 0 radical (unpaired) electrons. The number of carboxylic acid groups (broad SMARTS) is 1. The summed E-state index contributed by atoms with van der Waals surface area (Å²) in [5.41, 5.74) is 2.28. The van der Waals surface area contributed by atoms with Crippen molar-refractivity contribution in [3.05, 3.63) is 40.3 Å². The molecule has 4 nitrogen and oxygen atoms in total. The van der Waals surface area contributed by atoms with Crippen molar-refractivity contribution in [1.29, 1.82) is 0 Å². The number of thiocarbonyl (C=S) groups is 1. The maximum Gasteiger partial charge on any atom is 0.303 e. The Balaban J connectivity index is 2.09. The van der Waals surface area contributed by atoms with E-state index in [4.69, 9.17) is 17.3 Å². The predicted octanol–water partition coefficient (Wildman–Crippen LogP) is 4.05. The van der Waals surface area contributed by atoms with Crippen LogP contribution in [0.5, 0.6) is 0 Å². The first-order chi connectivity index (χ1) is 11.2. The molecule has 1 N–H and O–H groups in total. The van der Waals surface area contributed by atoms with Gasteiger partial charge in [0.1, 0.15) is 4.32 Å². The molecule has 24 heavy (non-hydrogen) atoms. The Morgan fingerprint density at radius 3 is 2.46 bits per heavy atom. The monoisotopic (exact) mass is 363 g/mol. The number of aliphatic carboxylic acids is 1. The lowest BCUT2D eigenvalue weighted by Gasteiger charge is -2.18. The number of hydrogen-bond acceptors (Lipinski definition) is 4. The lowest BCUT2D eigenvalue weighted by Crippen LogP contribution is -2.29. The number of benzene rings is 1. The first-order valence-corrected chi connectivity index (χ1v) is 8.98. The van der Waals surface area contributed by atoms with E-state index in [0.717, 1.165) is 5.56 Å². The molecule has 0 bridgehead atoms. The maximum absolute atomic E-state index is 12.4. The van der Waals surface area contributed by atoms with Gasteiger partial charge in [-0.3, -0.25) is 14.5 Å². The molecule has 128 valence electrons. The summed E-state index contributed by atoms with van der Waals surface area (Å²) >= 11 is 6.51. The molecule has 1 aromatic carbocycles. The van der Waals surface area contributed by atoms with E-state index in [1.807, 2.05) is 18.2 Å². The van der Waals surface area contributed by atoms with Gasteiger partial charge in [-0.25, -0.2) is 0 Å². The van der Waals surface area contributed by atoms with Gasteiger partial charge in [-0.05, 0) is 29.0 Å². The summed E-state index contributed by atoms with van der Waals surface area (Å²) in [5.74, 6) is -1.01. The van der Waals surface area contributed by atoms with Gasteiger partial charge in [-0.15, -0.1) is 0 Å². The molecule has 1 amide bonds. The molecular weight excluding hydrogens is 342 g/mol. The van der Waals surface area contributed by atoms with Crippen LogP contribution in [-0.2, 0) is 15.0 Å². The second-order valence-electron chi connectivity index (χ2n) is 6.70. The third-order valence-electron chi connectivity index (χ3n) is 3.72. The molecule has 1 aliphatic heterocycles. The fourth-order valence-corrected chi connectivity index (χ4v) is 3.62. The molecule has 0 aromatic heterocycles. The Hall–Kier alpha value is -1.66. The first-order valence-electron chi connectivity index (χ1n) is 7.76. The van der Waals surface area contributed by atoms with Gasteiger partial charge >= 0.3 is 5.97 Å². The summed E-state index contributed by atoms with van der Waals surface area (Å²) in [5, 5.41) is 8.69. The third kappa shape index (κ3) is 4.68. The predicted molar refractivity (Wildman–Crippen MR) is 102 cm³/mol. The van der Waals surface area contributed by atoms with Crippen molar-refractivity contribution in [2.75, 3.05) is 6.54 Å². The van der Waals surface area contributed by atoms with Crippen LogP contribution in [0.3, 0.4) is 0 Å². The second-order valence-corrected chi connectivity index (χ2v) is 8.38. The van der Waals surface area contributed by atoms with Crippen molar-refractivity contribution in [3.8, 4) is 0 Å². The van der Waals surface area contributed by atoms with E-state index >= 15 is 0 Å². The summed E-state index contributed by atoms with van der Waals surface area (Å²) in [6.45, 7) is 6.82. The molecule has 1 saturated heterocycles. The van der Waals surface area contributed by atoms with Crippen molar-refractivity contribution in [2.24, 2.45) is 0 Å². The molecule has 1 heterocycles. The molecule has 0 aliphatic carbocycles. The summed E-state index contributed by atoms with van der Waals surface area (Å²) in [6.07, 6.45) is 2.27. The molecule has 1 fully saturated rings. The van der Waals surface area contributed by atoms with E-state index < -0.39 is 5.97 Å². The Bertz CT molecular complexity index is 687. The highest BCUT2D eigenvalue weighted by Crippen LogP contribution is 2.33. The number of nitrogens with zero attached hydrogens (tertiary/aromatic N) is 1. The number of amides is 1. The van der Waals surface area contributed by atoms with E-state index in [2.05, 4.69) is 32.9 Å². The normalized spacial score (nSPS) is 17.0. The Morgan fingerprint density at radius 1 is 1.29 bits per heavy atom. The van der Waals surface area contributed by atoms with Crippen molar-refractivity contribution in [3.63, 3.8) is 0 Å². The SMILES string of the molecule is CC(C)(C)c1ccc(C=C2SC(=S)N(CCCC(=O)O)C2=O)cc1. The third-order valence-corrected chi connectivity index (χ3v) is 5.10. The van der Waals surface area contributed by atoms with Gasteiger partial charge in [0.15, 0.2) is 0 Å². The minimum Gasteiger partial charge on any atom is -0.481 e. The van der Waals surface area contributed by atoms with Crippen molar-refractivity contribution in [1.82, 2.24) is 4.90 Å².